The van der Waals surface area contributed by atoms with E-state index >= 15 is 0 Å². The fraction of sp³-hybridized carbons (Fsp3) is 0.167. The molecule has 0 saturated carbocycles. The van der Waals surface area contributed by atoms with Crippen LogP contribution in [-0.4, -0.2) is 26.5 Å². The molecular weight excluding hydrogens is 283 g/mol. The average molecular weight is 292 g/mol. The minimum atomic E-state index is -0.340. The summed E-state index contributed by atoms with van der Waals surface area (Å²) in [5.74, 6) is -0.202. The molecule has 1 atom stereocenters. The molecule has 0 spiro atoms. The molecule has 2 heterocycles. The molecule has 1 aromatic carbocycles. The highest BCUT2D eigenvalue weighted by Crippen LogP contribution is 2.24. The van der Waals surface area contributed by atoms with Gasteiger partial charge in [0.2, 0.25) is 11.8 Å². The van der Waals surface area contributed by atoms with Crippen molar-refractivity contribution in [1.82, 2.24) is 15.5 Å². The number of aliphatic imine (C=N–C) groups is 1. The normalized spacial score (nSPS) is 20.4. The van der Waals surface area contributed by atoms with Gasteiger partial charge in [-0.3, -0.25) is 4.79 Å². The van der Waals surface area contributed by atoms with Crippen molar-refractivity contribution in [2.75, 3.05) is 0 Å². The smallest absolute Gasteiger partial charge is 0.345 e. The maximum atomic E-state index is 12.8. The van der Waals surface area contributed by atoms with E-state index in [-0.39, 0.29) is 28.9 Å². The van der Waals surface area contributed by atoms with Crippen LogP contribution >= 0.6 is 11.8 Å². The number of benzene rings is 1. The quantitative estimate of drug-likeness (QED) is 0.917. The minimum absolute atomic E-state index is 0.0428. The van der Waals surface area contributed by atoms with Gasteiger partial charge in [-0.1, -0.05) is 16.9 Å². The molecule has 1 N–H and O–H groups in total. The molecule has 102 valence electrons. The summed E-state index contributed by atoms with van der Waals surface area (Å²) >= 11 is 1.29. The third-order valence-electron chi connectivity index (χ3n) is 2.59. The lowest BCUT2D eigenvalue weighted by Gasteiger charge is -1.93. The molecule has 0 aliphatic carbocycles. The monoisotopic (exact) mass is 292 g/mol. The van der Waals surface area contributed by atoms with Gasteiger partial charge in [0.25, 0.3) is 0 Å². The summed E-state index contributed by atoms with van der Waals surface area (Å²) in [6, 6.07) is 5.72. The van der Waals surface area contributed by atoms with Gasteiger partial charge in [0, 0.05) is 5.56 Å². The highest BCUT2D eigenvalue weighted by atomic mass is 32.2. The Balaban J connectivity index is 1.82. The second-order valence-corrected chi connectivity index (χ2v) is 5.39. The number of thioether (sulfide) groups is 1. The largest absolute Gasteiger partial charge is 0.402 e. The number of amides is 1. The van der Waals surface area contributed by atoms with Crippen molar-refractivity contribution in [3.8, 4) is 11.5 Å². The van der Waals surface area contributed by atoms with E-state index in [0.717, 1.165) is 0 Å². The standard InChI is InChI=1S/C12H9FN4O2S/c1-6-9(18)14-12(20-6)15-11-17-16-10(19-11)7-2-4-8(13)5-3-7/h2-6H,1H3,(H,14,15,17,18). The summed E-state index contributed by atoms with van der Waals surface area (Å²) in [7, 11) is 0. The van der Waals surface area contributed by atoms with E-state index in [0.29, 0.717) is 10.7 Å². The van der Waals surface area contributed by atoms with E-state index < -0.39 is 0 Å². The van der Waals surface area contributed by atoms with Crippen molar-refractivity contribution in [2.45, 2.75) is 12.2 Å². The number of rotatable bonds is 2. The molecule has 1 amide bonds. The maximum absolute atomic E-state index is 12.8. The van der Waals surface area contributed by atoms with E-state index in [4.69, 9.17) is 4.42 Å². The van der Waals surface area contributed by atoms with Crippen LogP contribution < -0.4 is 5.32 Å². The summed E-state index contributed by atoms with van der Waals surface area (Å²) in [6.45, 7) is 1.78. The number of amidine groups is 1. The van der Waals surface area contributed by atoms with Gasteiger partial charge in [0.05, 0.1) is 5.25 Å². The van der Waals surface area contributed by atoms with Crippen molar-refractivity contribution >= 4 is 28.9 Å². The molecule has 3 rings (SSSR count). The van der Waals surface area contributed by atoms with Crippen molar-refractivity contribution in [3.63, 3.8) is 0 Å². The van der Waals surface area contributed by atoms with Crippen LogP contribution in [0.2, 0.25) is 0 Å². The van der Waals surface area contributed by atoms with Gasteiger partial charge >= 0.3 is 6.01 Å². The molecule has 1 fully saturated rings. The van der Waals surface area contributed by atoms with Crippen LogP contribution in [0.1, 0.15) is 6.92 Å². The number of halogens is 1. The summed E-state index contributed by atoms with van der Waals surface area (Å²) in [4.78, 5) is 15.4. The fourth-order valence-corrected chi connectivity index (χ4v) is 2.36. The number of nitrogens with zero attached hydrogens (tertiary/aromatic N) is 3. The summed E-state index contributed by atoms with van der Waals surface area (Å²) in [5.41, 5.74) is 0.599. The number of carbonyl (C=O) groups excluding carboxylic acids is 1. The van der Waals surface area contributed by atoms with Gasteiger partial charge in [-0.25, -0.2) is 4.39 Å². The van der Waals surface area contributed by atoms with E-state index in [9.17, 15) is 9.18 Å². The molecule has 0 bridgehead atoms. The Morgan fingerprint density at radius 2 is 2.10 bits per heavy atom. The van der Waals surface area contributed by atoms with Gasteiger partial charge in [-0.2, -0.15) is 4.99 Å². The molecule has 1 aromatic heterocycles. The lowest BCUT2D eigenvalue weighted by atomic mass is 10.2. The number of carbonyl (C=O) groups is 1. The SMILES string of the molecule is CC1S/C(=N\c2nnc(-c3ccc(F)cc3)o2)NC1=O. The van der Waals surface area contributed by atoms with Crippen LogP contribution in [0.5, 0.6) is 0 Å². The molecule has 8 heteroatoms. The first-order chi connectivity index (χ1) is 9.61. The lowest BCUT2D eigenvalue weighted by Crippen LogP contribution is -2.23. The van der Waals surface area contributed by atoms with Crippen LogP contribution in [0.4, 0.5) is 10.4 Å². The first-order valence-electron chi connectivity index (χ1n) is 5.77. The van der Waals surface area contributed by atoms with Crippen LogP contribution in [0.3, 0.4) is 0 Å². The number of hydrogen-bond donors (Lipinski definition) is 1. The van der Waals surface area contributed by atoms with E-state index in [1.165, 1.54) is 36.0 Å². The summed E-state index contributed by atoms with van der Waals surface area (Å²) in [5, 5.41) is 10.4. The Bertz CT molecular complexity index is 683. The first kappa shape index (κ1) is 12.8. The average Bonchev–Trinajstić information content (AvgIpc) is 2.99. The predicted octanol–water partition coefficient (Wildman–Crippen LogP) is 2.11. The fourth-order valence-electron chi connectivity index (χ4n) is 1.57. The third kappa shape index (κ3) is 2.55. The van der Waals surface area contributed by atoms with Gasteiger partial charge < -0.3 is 9.73 Å². The van der Waals surface area contributed by atoms with E-state index in [1.54, 1.807) is 6.92 Å². The van der Waals surface area contributed by atoms with Crippen LogP contribution in [0, 0.1) is 5.82 Å². The first-order valence-corrected chi connectivity index (χ1v) is 6.65. The Kier molecular flexibility index (Phi) is 3.23. The molecule has 1 aliphatic rings. The second-order valence-electron chi connectivity index (χ2n) is 4.06. The summed E-state index contributed by atoms with van der Waals surface area (Å²) in [6.07, 6.45) is 0. The number of nitrogens with one attached hydrogen (secondary N) is 1. The molecule has 20 heavy (non-hydrogen) atoms. The minimum Gasteiger partial charge on any atom is -0.402 e. The van der Waals surface area contributed by atoms with Gasteiger partial charge in [0.15, 0.2) is 5.17 Å². The Labute approximate surface area is 117 Å². The molecule has 1 aliphatic heterocycles. The topological polar surface area (TPSA) is 80.4 Å². The highest BCUT2D eigenvalue weighted by Gasteiger charge is 2.26. The van der Waals surface area contributed by atoms with Crippen molar-refractivity contribution in [1.29, 1.82) is 0 Å². The third-order valence-corrected chi connectivity index (χ3v) is 3.57. The zero-order valence-corrected chi connectivity index (χ0v) is 11.1. The Hall–Kier alpha value is -2.22. The lowest BCUT2D eigenvalue weighted by molar-refractivity contribution is -0.118. The van der Waals surface area contributed by atoms with Crippen LogP contribution in [0.25, 0.3) is 11.5 Å². The van der Waals surface area contributed by atoms with Crippen molar-refractivity contribution in [3.05, 3.63) is 30.1 Å². The molecule has 1 unspecified atom stereocenters. The van der Waals surface area contributed by atoms with Gasteiger partial charge in [-0.05, 0) is 31.2 Å². The van der Waals surface area contributed by atoms with Gasteiger partial charge in [0.1, 0.15) is 5.82 Å². The molecule has 6 nitrogen and oxygen atoms in total. The molecular formula is C12H9FN4O2S. The second kappa shape index (κ2) is 5.04. The van der Waals surface area contributed by atoms with E-state index in [1.807, 2.05) is 0 Å². The predicted molar refractivity (Wildman–Crippen MR) is 72.0 cm³/mol. The maximum Gasteiger partial charge on any atom is 0.345 e. The summed E-state index contributed by atoms with van der Waals surface area (Å²) < 4.78 is 18.2. The Morgan fingerprint density at radius 3 is 2.75 bits per heavy atom. The number of aromatic nitrogens is 2. The zero-order valence-electron chi connectivity index (χ0n) is 10.3. The van der Waals surface area contributed by atoms with Crippen molar-refractivity contribution in [2.24, 2.45) is 4.99 Å². The van der Waals surface area contributed by atoms with Crippen molar-refractivity contribution < 1.29 is 13.6 Å². The van der Waals surface area contributed by atoms with Crippen LogP contribution in [0.15, 0.2) is 33.7 Å². The van der Waals surface area contributed by atoms with Crippen LogP contribution in [-0.2, 0) is 4.79 Å². The van der Waals surface area contributed by atoms with E-state index in [2.05, 4.69) is 20.5 Å². The molecule has 0 radical (unpaired) electrons. The molecule has 2 aromatic rings. The Morgan fingerprint density at radius 1 is 1.35 bits per heavy atom. The molecule has 1 saturated heterocycles. The van der Waals surface area contributed by atoms with Gasteiger partial charge in [-0.15, -0.1) is 5.10 Å². The zero-order chi connectivity index (χ0) is 14.1. The number of hydrogen-bond acceptors (Lipinski definition) is 6. The highest BCUT2D eigenvalue weighted by molar-refractivity contribution is 8.15.